The maximum absolute atomic E-state index is 11.2. The number of hydrogen-bond acceptors (Lipinski definition) is 5. The zero-order valence-corrected chi connectivity index (χ0v) is 12.9. The molecule has 1 aromatic carbocycles. The summed E-state index contributed by atoms with van der Waals surface area (Å²) < 4.78 is 5.53. The zero-order valence-electron chi connectivity index (χ0n) is 10.5. The van der Waals surface area contributed by atoms with E-state index in [9.17, 15) is 4.79 Å². The normalized spacial score (nSPS) is 17.9. The van der Waals surface area contributed by atoms with Crippen LogP contribution in [0.15, 0.2) is 47.2 Å². The van der Waals surface area contributed by atoms with E-state index in [-0.39, 0.29) is 5.12 Å². The van der Waals surface area contributed by atoms with Gasteiger partial charge >= 0.3 is 0 Å². The van der Waals surface area contributed by atoms with Crippen LogP contribution < -0.4 is 4.74 Å². The fraction of sp³-hybridized carbons (Fsp3) is 0.214. The molecule has 2 nitrogen and oxygen atoms in total. The molecule has 0 radical (unpaired) electrons. The first-order chi connectivity index (χ1) is 9.22. The minimum absolute atomic E-state index is 0.0272. The summed E-state index contributed by atoms with van der Waals surface area (Å²) >= 11 is 4.89. The van der Waals surface area contributed by atoms with Crippen LogP contribution in [0.4, 0.5) is 0 Å². The van der Waals surface area contributed by atoms with Gasteiger partial charge < -0.3 is 4.74 Å². The standard InChI is InChI=1S/C14H14O2S3/c1-3-13(15)17-8-12-9-18-14(19-12)10-4-6-11(16-2)7-5-10/h3-7,9,14H,1,8H2,2H3. The van der Waals surface area contributed by atoms with E-state index in [1.165, 1.54) is 28.3 Å². The summed E-state index contributed by atoms with van der Waals surface area (Å²) in [5, 5.41) is 2.17. The van der Waals surface area contributed by atoms with Crippen molar-refractivity contribution < 1.29 is 9.53 Å². The Kier molecular flexibility index (Phi) is 5.48. The van der Waals surface area contributed by atoms with Crippen molar-refractivity contribution in [3.8, 4) is 5.75 Å². The van der Waals surface area contributed by atoms with E-state index in [0.29, 0.717) is 4.58 Å². The van der Waals surface area contributed by atoms with Gasteiger partial charge in [-0.1, -0.05) is 30.5 Å². The molecule has 0 N–H and O–H groups in total. The highest BCUT2D eigenvalue weighted by Gasteiger charge is 2.20. The van der Waals surface area contributed by atoms with Crippen LogP contribution in [0.5, 0.6) is 5.75 Å². The topological polar surface area (TPSA) is 26.3 Å². The molecule has 0 spiro atoms. The van der Waals surface area contributed by atoms with E-state index < -0.39 is 0 Å². The lowest BCUT2D eigenvalue weighted by Gasteiger charge is -2.10. The summed E-state index contributed by atoms with van der Waals surface area (Å²) in [6.45, 7) is 3.47. The SMILES string of the molecule is C=CC(=O)SCC1=CSC(c2ccc(OC)cc2)S1. The molecular weight excluding hydrogens is 296 g/mol. The average Bonchev–Trinajstić information content (AvgIpc) is 2.93. The van der Waals surface area contributed by atoms with Gasteiger partial charge in [-0.15, -0.1) is 23.5 Å². The fourth-order valence-electron chi connectivity index (χ4n) is 1.51. The smallest absolute Gasteiger partial charge is 0.211 e. The molecule has 1 aliphatic rings. The second-order valence-corrected chi connectivity index (χ2v) is 7.24. The van der Waals surface area contributed by atoms with Gasteiger partial charge in [-0.25, -0.2) is 0 Å². The Bertz CT molecular complexity index is 494. The number of carbonyl (C=O) groups is 1. The zero-order chi connectivity index (χ0) is 13.7. The minimum atomic E-state index is 0.0272. The quantitative estimate of drug-likeness (QED) is 0.748. The fourth-order valence-corrected chi connectivity index (χ4v) is 4.94. The van der Waals surface area contributed by atoms with Crippen molar-refractivity contribution in [1.29, 1.82) is 0 Å². The van der Waals surface area contributed by atoms with Gasteiger partial charge in [0.1, 0.15) is 5.75 Å². The number of hydrogen-bond donors (Lipinski definition) is 0. The Morgan fingerprint density at radius 3 is 2.84 bits per heavy atom. The molecule has 0 aromatic heterocycles. The van der Waals surface area contributed by atoms with Gasteiger partial charge in [0.05, 0.1) is 11.7 Å². The molecule has 0 saturated carbocycles. The lowest BCUT2D eigenvalue weighted by molar-refractivity contribution is -0.107. The van der Waals surface area contributed by atoms with Gasteiger partial charge in [0.2, 0.25) is 5.12 Å². The van der Waals surface area contributed by atoms with Crippen LogP contribution in [-0.2, 0) is 4.79 Å². The van der Waals surface area contributed by atoms with Crippen molar-refractivity contribution in [2.45, 2.75) is 4.58 Å². The highest BCUT2D eigenvalue weighted by molar-refractivity contribution is 8.23. The molecule has 100 valence electrons. The highest BCUT2D eigenvalue weighted by Crippen LogP contribution is 2.51. The maximum atomic E-state index is 11.2. The van der Waals surface area contributed by atoms with Gasteiger partial charge in [0.25, 0.3) is 0 Å². The maximum Gasteiger partial charge on any atom is 0.211 e. The van der Waals surface area contributed by atoms with Crippen LogP contribution in [0.3, 0.4) is 0 Å². The molecule has 0 saturated heterocycles. The van der Waals surface area contributed by atoms with Gasteiger partial charge in [0.15, 0.2) is 0 Å². The first-order valence-corrected chi connectivity index (χ1v) is 8.48. The third-order valence-corrected chi connectivity index (χ3v) is 6.34. The minimum Gasteiger partial charge on any atom is -0.497 e. The largest absolute Gasteiger partial charge is 0.497 e. The molecule has 1 aromatic rings. The molecule has 0 bridgehead atoms. The van der Waals surface area contributed by atoms with Crippen molar-refractivity contribution in [2.75, 3.05) is 12.9 Å². The number of carbonyl (C=O) groups excluding carboxylic acids is 1. The average molecular weight is 310 g/mol. The molecule has 1 unspecified atom stereocenters. The molecule has 1 heterocycles. The molecule has 19 heavy (non-hydrogen) atoms. The third kappa shape index (κ3) is 4.09. The predicted octanol–water partition coefficient (Wildman–Crippen LogP) is 4.46. The molecule has 0 amide bonds. The summed E-state index contributed by atoms with van der Waals surface area (Å²) in [6, 6.07) is 8.12. The van der Waals surface area contributed by atoms with Crippen LogP contribution in [0.25, 0.3) is 0 Å². The summed E-state index contributed by atoms with van der Waals surface area (Å²) in [4.78, 5) is 12.4. The Labute approximate surface area is 126 Å². The van der Waals surface area contributed by atoms with Crippen LogP contribution in [0.2, 0.25) is 0 Å². The molecule has 0 fully saturated rings. The first kappa shape index (κ1) is 14.6. The predicted molar refractivity (Wildman–Crippen MR) is 86.7 cm³/mol. The van der Waals surface area contributed by atoms with Gasteiger partial charge in [-0.2, -0.15) is 0 Å². The van der Waals surface area contributed by atoms with Gasteiger partial charge in [0, 0.05) is 10.7 Å². The second kappa shape index (κ2) is 7.12. The highest BCUT2D eigenvalue weighted by atomic mass is 32.2. The summed E-state index contributed by atoms with van der Waals surface area (Å²) in [7, 11) is 1.67. The van der Waals surface area contributed by atoms with Crippen LogP contribution in [0.1, 0.15) is 10.1 Å². The second-order valence-electron chi connectivity index (χ2n) is 3.76. The number of rotatable bonds is 5. The Balaban J connectivity index is 1.88. The van der Waals surface area contributed by atoms with Crippen molar-refractivity contribution in [1.82, 2.24) is 0 Å². The molecule has 5 heteroatoms. The van der Waals surface area contributed by atoms with E-state index in [0.717, 1.165) is 11.5 Å². The monoisotopic (exact) mass is 310 g/mol. The molecular formula is C14H14O2S3. The third-order valence-electron chi connectivity index (χ3n) is 2.49. The van der Waals surface area contributed by atoms with E-state index in [1.54, 1.807) is 30.6 Å². The van der Waals surface area contributed by atoms with Gasteiger partial charge in [-0.05, 0) is 29.2 Å². The van der Waals surface area contributed by atoms with E-state index in [4.69, 9.17) is 4.74 Å². The number of methoxy groups -OCH3 is 1. The van der Waals surface area contributed by atoms with Gasteiger partial charge in [-0.3, -0.25) is 4.79 Å². The van der Waals surface area contributed by atoms with E-state index in [2.05, 4.69) is 24.1 Å². The summed E-state index contributed by atoms with van der Waals surface area (Å²) in [5.41, 5.74) is 1.27. The van der Waals surface area contributed by atoms with Crippen LogP contribution >= 0.6 is 35.3 Å². The van der Waals surface area contributed by atoms with Crippen molar-refractivity contribution >= 4 is 40.4 Å². The lowest BCUT2D eigenvalue weighted by Crippen LogP contribution is -1.89. The number of benzene rings is 1. The number of thioether (sulfide) groups is 3. The molecule has 0 aliphatic carbocycles. The summed E-state index contributed by atoms with van der Waals surface area (Å²) in [6.07, 6.45) is 1.36. The molecule has 2 rings (SSSR count). The van der Waals surface area contributed by atoms with Crippen LogP contribution in [0, 0.1) is 0 Å². The van der Waals surface area contributed by atoms with Crippen molar-refractivity contribution in [3.05, 3.63) is 52.8 Å². The Morgan fingerprint density at radius 1 is 1.47 bits per heavy atom. The molecule has 1 atom stereocenters. The van der Waals surface area contributed by atoms with Crippen molar-refractivity contribution in [3.63, 3.8) is 0 Å². The first-order valence-electron chi connectivity index (χ1n) is 5.67. The number of ether oxygens (including phenoxy) is 1. The van der Waals surface area contributed by atoms with Crippen LogP contribution in [-0.4, -0.2) is 18.0 Å². The Hall–Kier alpha value is -0.780. The van der Waals surface area contributed by atoms with E-state index >= 15 is 0 Å². The molecule has 1 aliphatic heterocycles. The Morgan fingerprint density at radius 2 is 2.21 bits per heavy atom. The summed E-state index contributed by atoms with van der Waals surface area (Å²) in [5.74, 6) is 1.60. The van der Waals surface area contributed by atoms with Crippen molar-refractivity contribution in [2.24, 2.45) is 0 Å². The lowest BCUT2D eigenvalue weighted by atomic mass is 10.2. The van der Waals surface area contributed by atoms with E-state index in [1.807, 2.05) is 12.1 Å².